The van der Waals surface area contributed by atoms with E-state index in [2.05, 4.69) is 16.0 Å². The van der Waals surface area contributed by atoms with Gasteiger partial charge in [-0.2, -0.15) is 0 Å². The standard InChI is InChI=1S/C29H30N4O5S/c1-33-17-20-16-22(31-29(39)30-21-5-3-2-4-6-21)12-13-23(20)26(33)27(36)32-24(28(37)38)15-19-9-7-18(8-10-19)11-14-25(34)35/h2-10,12-13,16,24,26H,11,14-15,17H2,1H3,(H,32,36)(H,34,35)(H,37,38)(H2,30,31,39). The van der Waals surface area contributed by atoms with Crippen molar-refractivity contribution in [2.24, 2.45) is 0 Å². The van der Waals surface area contributed by atoms with Crippen molar-refractivity contribution in [3.8, 4) is 0 Å². The predicted molar refractivity (Wildman–Crippen MR) is 153 cm³/mol. The maximum absolute atomic E-state index is 13.3. The molecule has 1 aliphatic heterocycles. The second kappa shape index (κ2) is 12.5. The Morgan fingerprint density at radius 2 is 1.62 bits per heavy atom. The van der Waals surface area contributed by atoms with Crippen LogP contribution in [0, 0.1) is 0 Å². The number of carbonyl (C=O) groups is 3. The van der Waals surface area contributed by atoms with Crippen molar-refractivity contribution in [2.75, 3.05) is 17.7 Å². The summed E-state index contributed by atoms with van der Waals surface area (Å²) in [6.45, 7) is 0.525. The van der Waals surface area contributed by atoms with Gasteiger partial charge in [-0.05, 0) is 72.2 Å². The number of para-hydroxylation sites is 1. The third kappa shape index (κ3) is 7.40. The minimum atomic E-state index is -1.13. The van der Waals surface area contributed by atoms with Crippen LogP contribution in [0.5, 0.6) is 0 Å². The molecular formula is C29H30N4O5S. The molecule has 202 valence electrons. The van der Waals surface area contributed by atoms with Crippen LogP contribution in [-0.4, -0.2) is 51.2 Å². The molecule has 0 aliphatic carbocycles. The lowest BCUT2D eigenvalue weighted by molar-refractivity contribution is -0.142. The van der Waals surface area contributed by atoms with Gasteiger partial charge in [0.15, 0.2) is 5.11 Å². The first-order chi connectivity index (χ1) is 18.7. The molecule has 3 aromatic carbocycles. The van der Waals surface area contributed by atoms with Crippen molar-refractivity contribution < 1.29 is 24.6 Å². The summed E-state index contributed by atoms with van der Waals surface area (Å²) in [6.07, 6.45) is 0.533. The minimum absolute atomic E-state index is 0.0261. The second-order valence-electron chi connectivity index (χ2n) is 9.49. The number of aryl methyl sites for hydroxylation is 1. The molecule has 1 amide bonds. The Kier molecular flexibility index (Phi) is 8.90. The Bertz CT molecular complexity index is 1360. The highest BCUT2D eigenvalue weighted by Crippen LogP contribution is 2.34. The number of nitrogens with one attached hydrogen (secondary N) is 3. The van der Waals surface area contributed by atoms with Crippen molar-refractivity contribution in [3.05, 3.63) is 95.1 Å². The van der Waals surface area contributed by atoms with E-state index in [9.17, 15) is 19.5 Å². The number of nitrogens with zero attached hydrogens (tertiary/aromatic N) is 1. The number of thiocarbonyl (C=S) groups is 1. The molecule has 5 N–H and O–H groups in total. The fourth-order valence-corrected chi connectivity index (χ4v) is 4.86. The first-order valence-electron chi connectivity index (χ1n) is 12.5. The SMILES string of the molecule is CN1Cc2cc(NC(=S)Nc3ccccc3)ccc2C1C(=O)NC(Cc1ccc(CCC(=O)O)cc1)C(=O)O. The summed E-state index contributed by atoms with van der Waals surface area (Å²) in [5.74, 6) is -2.39. The highest BCUT2D eigenvalue weighted by atomic mass is 32.1. The molecule has 0 saturated heterocycles. The predicted octanol–water partition coefficient (Wildman–Crippen LogP) is 3.81. The maximum Gasteiger partial charge on any atom is 0.326 e. The van der Waals surface area contributed by atoms with E-state index in [0.29, 0.717) is 18.1 Å². The zero-order valence-electron chi connectivity index (χ0n) is 21.4. The summed E-state index contributed by atoms with van der Waals surface area (Å²) >= 11 is 5.41. The van der Waals surface area contributed by atoms with E-state index in [0.717, 1.165) is 33.6 Å². The van der Waals surface area contributed by atoms with E-state index < -0.39 is 24.0 Å². The molecule has 0 aromatic heterocycles. The van der Waals surface area contributed by atoms with Gasteiger partial charge in [0.1, 0.15) is 12.1 Å². The van der Waals surface area contributed by atoms with Gasteiger partial charge in [-0.1, -0.05) is 48.5 Å². The quantitative estimate of drug-likeness (QED) is 0.241. The highest BCUT2D eigenvalue weighted by Gasteiger charge is 2.35. The molecule has 0 fully saturated rings. The minimum Gasteiger partial charge on any atom is -0.481 e. The number of carboxylic acids is 2. The maximum atomic E-state index is 13.3. The molecule has 2 atom stereocenters. The summed E-state index contributed by atoms with van der Waals surface area (Å²) in [4.78, 5) is 37.9. The average molecular weight is 547 g/mol. The molecule has 1 heterocycles. The van der Waals surface area contributed by atoms with Crippen molar-refractivity contribution in [2.45, 2.75) is 37.9 Å². The lowest BCUT2D eigenvalue weighted by Gasteiger charge is -2.23. The summed E-state index contributed by atoms with van der Waals surface area (Å²) in [5, 5.41) is 28.1. The summed E-state index contributed by atoms with van der Waals surface area (Å²) in [5.41, 5.74) is 5.01. The third-order valence-corrected chi connectivity index (χ3v) is 6.75. The number of fused-ring (bicyclic) bond motifs is 1. The molecule has 39 heavy (non-hydrogen) atoms. The summed E-state index contributed by atoms with van der Waals surface area (Å²) in [6, 6.07) is 20.6. The van der Waals surface area contributed by atoms with E-state index in [-0.39, 0.29) is 18.7 Å². The smallest absolute Gasteiger partial charge is 0.326 e. The van der Waals surface area contributed by atoms with Crippen LogP contribution in [0.4, 0.5) is 11.4 Å². The third-order valence-electron chi connectivity index (χ3n) is 6.54. The number of hydrogen-bond acceptors (Lipinski definition) is 5. The van der Waals surface area contributed by atoms with E-state index in [1.807, 2.05) is 60.5 Å². The lowest BCUT2D eigenvalue weighted by Crippen LogP contribution is -2.46. The number of hydrogen-bond donors (Lipinski definition) is 5. The van der Waals surface area contributed by atoms with E-state index in [1.54, 1.807) is 24.3 Å². The van der Waals surface area contributed by atoms with Crippen LogP contribution >= 0.6 is 12.2 Å². The van der Waals surface area contributed by atoms with Gasteiger partial charge < -0.3 is 26.2 Å². The normalized spacial score (nSPS) is 15.2. The van der Waals surface area contributed by atoms with Crippen LogP contribution in [0.1, 0.15) is 34.7 Å². The molecule has 0 radical (unpaired) electrons. The number of benzene rings is 3. The van der Waals surface area contributed by atoms with Crippen molar-refractivity contribution in [1.29, 1.82) is 0 Å². The molecule has 4 rings (SSSR count). The molecule has 0 spiro atoms. The van der Waals surface area contributed by atoms with Crippen LogP contribution < -0.4 is 16.0 Å². The van der Waals surface area contributed by atoms with Crippen LogP contribution in [-0.2, 0) is 33.8 Å². The number of carboxylic acid groups (broad SMARTS) is 2. The first kappa shape index (κ1) is 27.7. The molecule has 10 heteroatoms. The number of likely N-dealkylation sites (N-methyl/N-ethyl adjacent to an activating group) is 1. The molecular weight excluding hydrogens is 516 g/mol. The molecule has 0 saturated carbocycles. The Balaban J connectivity index is 1.39. The zero-order chi connectivity index (χ0) is 27.9. The second-order valence-corrected chi connectivity index (χ2v) is 9.90. The Morgan fingerprint density at radius 1 is 0.949 bits per heavy atom. The van der Waals surface area contributed by atoms with E-state index in [1.165, 1.54) is 0 Å². The monoisotopic (exact) mass is 546 g/mol. The van der Waals surface area contributed by atoms with Gasteiger partial charge in [-0.25, -0.2) is 4.79 Å². The van der Waals surface area contributed by atoms with E-state index in [4.69, 9.17) is 17.3 Å². The van der Waals surface area contributed by atoms with E-state index >= 15 is 0 Å². The average Bonchev–Trinajstić information content (AvgIpc) is 3.23. The van der Waals surface area contributed by atoms with Crippen LogP contribution in [0.25, 0.3) is 0 Å². The zero-order valence-corrected chi connectivity index (χ0v) is 22.2. The molecule has 3 aromatic rings. The van der Waals surface area contributed by atoms with Crippen molar-refractivity contribution in [1.82, 2.24) is 10.2 Å². The van der Waals surface area contributed by atoms with Gasteiger partial charge >= 0.3 is 11.9 Å². The Morgan fingerprint density at radius 3 is 2.28 bits per heavy atom. The molecule has 9 nitrogen and oxygen atoms in total. The molecule has 1 aliphatic rings. The number of carbonyl (C=O) groups excluding carboxylic acids is 1. The van der Waals surface area contributed by atoms with Crippen LogP contribution in [0.3, 0.4) is 0 Å². The van der Waals surface area contributed by atoms with Gasteiger partial charge in [0.2, 0.25) is 5.91 Å². The fourth-order valence-electron chi connectivity index (χ4n) is 4.62. The summed E-state index contributed by atoms with van der Waals surface area (Å²) in [7, 11) is 1.82. The largest absolute Gasteiger partial charge is 0.481 e. The lowest BCUT2D eigenvalue weighted by atomic mass is 10.0. The topological polar surface area (TPSA) is 131 Å². The number of rotatable bonds is 10. The van der Waals surface area contributed by atoms with Crippen molar-refractivity contribution in [3.63, 3.8) is 0 Å². The fraction of sp³-hybridized carbons (Fsp3) is 0.241. The van der Waals surface area contributed by atoms with Gasteiger partial charge in [0, 0.05) is 30.8 Å². The summed E-state index contributed by atoms with van der Waals surface area (Å²) < 4.78 is 0. The number of amides is 1. The highest BCUT2D eigenvalue weighted by molar-refractivity contribution is 7.80. The number of anilines is 2. The number of aliphatic carboxylic acids is 2. The van der Waals surface area contributed by atoms with Crippen LogP contribution in [0.2, 0.25) is 0 Å². The Hall–Kier alpha value is -4.28. The van der Waals surface area contributed by atoms with Gasteiger partial charge in [0.25, 0.3) is 0 Å². The first-order valence-corrected chi connectivity index (χ1v) is 12.9. The molecule has 0 bridgehead atoms. The van der Waals surface area contributed by atoms with Gasteiger partial charge in [0.05, 0.1) is 0 Å². The molecule has 2 unspecified atom stereocenters. The van der Waals surface area contributed by atoms with Crippen molar-refractivity contribution >= 4 is 46.6 Å². The van der Waals surface area contributed by atoms with Gasteiger partial charge in [-0.15, -0.1) is 0 Å². The Labute approximate surface area is 231 Å². The van der Waals surface area contributed by atoms with Crippen LogP contribution in [0.15, 0.2) is 72.8 Å². The van der Waals surface area contributed by atoms with Gasteiger partial charge in [-0.3, -0.25) is 14.5 Å².